The van der Waals surface area contributed by atoms with E-state index in [-0.39, 0.29) is 5.91 Å². The minimum Gasteiger partial charge on any atom is -0.496 e. The molecule has 0 aliphatic heterocycles. The average Bonchev–Trinajstić information content (AvgIpc) is 2.35. The van der Waals surface area contributed by atoms with Gasteiger partial charge >= 0.3 is 0 Å². The molecule has 5 heteroatoms. The van der Waals surface area contributed by atoms with Crippen LogP contribution in [0.2, 0.25) is 0 Å². The van der Waals surface area contributed by atoms with E-state index in [4.69, 9.17) is 15.2 Å². The van der Waals surface area contributed by atoms with Crippen LogP contribution >= 0.6 is 0 Å². The van der Waals surface area contributed by atoms with Crippen LogP contribution in [0.5, 0.6) is 5.75 Å². The Morgan fingerprint density at radius 1 is 1.39 bits per heavy atom. The fourth-order valence-electron chi connectivity index (χ4n) is 1.41. The van der Waals surface area contributed by atoms with Crippen molar-refractivity contribution < 1.29 is 14.3 Å². The van der Waals surface area contributed by atoms with Gasteiger partial charge in [-0.25, -0.2) is 0 Å². The van der Waals surface area contributed by atoms with Crippen LogP contribution in [0.1, 0.15) is 24.2 Å². The number of hydrogen-bond donors (Lipinski definition) is 2. The van der Waals surface area contributed by atoms with Gasteiger partial charge in [-0.05, 0) is 26.0 Å². The smallest absolute Gasteiger partial charge is 0.257 e. The van der Waals surface area contributed by atoms with E-state index in [1.807, 2.05) is 13.8 Å². The Morgan fingerprint density at radius 2 is 2.06 bits per heavy atom. The molecule has 1 rings (SSSR count). The third-order valence-corrected chi connectivity index (χ3v) is 2.73. The van der Waals surface area contributed by atoms with Crippen molar-refractivity contribution in [3.05, 3.63) is 23.8 Å². The van der Waals surface area contributed by atoms with Gasteiger partial charge in [0.2, 0.25) is 0 Å². The van der Waals surface area contributed by atoms with E-state index in [0.717, 1.165) is 0 Å². The van der Waals surface area contributed by atoms with Crippen molar-refractivity contribution >= 4 is 11.6 Å². The standard InChI is InChI=1S/C13H20N2O3/c1-13(2,18-4)8-15-12(16)11-9(14)6-5-7-10(11)17-3/h5-7H,8,14H2,1-4H3,(H,15,16). The Balaban J connectivity index is 2.85. The number of methoxy groups -OCH3 is 2. The third-order valence-electron chi connectivity index (χ3n) is 2.73. The van der Waals surface area contributed by atoms with Gasteiger partial charge < -0.3 is 20.5 Å². The largest absolute Gasteiger partial charge is 0.496 e. The highest BCUT2D eigenvalue weighted by Gasteiger charge is 2.20. The fourth-order valence-corrected chi connectivity index (χ4v) is 1.41. The third kappa shape index (κ3) is 3.37. The number of carbonyl (C=O) groups excluding carboxylic acids is 1. The normalized spacial score (nSPS) is 11.1. The zero-order chi connectivity index (χ0) is 13.8. The minimum absolute atomic E-state index is 0.268. The molecule has 0 heterocycles. The van der Waals surface area contributed by atoms with Crippen molar-refractivity contribution in [2.75, 3.05) is 26.5 Å². The molecule has 1 aromatic carbocycles. The van der Waals surface area contributed by atoms with Gasteiger partial charge in [0.25, 0.3) is 5.91 Å². The van der Waals surface area contributed by atoms with Crippen molar-refractivity contribution in [1.29, 1.82) is 0 Å². The maximum Gasteiger partial charge on any atom is 0.257 e. The zero-order valence-corrected chi connectivity index (χ0v) is 11.2. The molecule has 0 atom stereocenters. The molecule has 18 heavy (non-hydrogen) atoms. The first-order chi connectivity index (χ1) is 8.41. The molecule has 0 saturated heterocycles. The van der Waals surface area contributed by atoms with E-state index >= 15 is 0 Å². The van der Waals surface area contributed by atoms with E-state index in [0.29, 0.717) is 23.5 Å². The first-order valence-corrected chi connectivity index (χ1v) is 5.67. The summed E-state index contributed by atoms with van der Waals surface area (Å²) in [7, 11) is 3.11. The molecule has 1 amide bonds. The summed E-state index contributed by atoms with van der Waals surface area (Å²) in [5.41, 5.74) is 6.12. The minimum atomic E-state index is -0.424. The van der Waals surface area contributed by atoms with Crippen molar-refractivity contribution in [2.45, 2.75) is 19.4 Å². The predicted molar refractivity (Wildman–Crippen MR) is 70.8 cm³/mol. The highest BCUT2D eigenvalue weighted by molar-refractivity contribution is 6.01. The Kier molecular flexibility index (Phi) is 4.55. The summed E-state index contributed by atoms with van der Waals surface area (Å²) in [5, 5.41) is 2.78. The van der Waals surface area contributed by atoms with Crippen LogP contribution in [0.25, 0.3) is 0 Å². The number of anilines is 1. The van der Waals surface area contributed by atoms with Gasteiger partial charge in [-0.3, -0.25) is 4.79 Å². The zero-order valence-electron chi connectivity index (χ0n) is 11.2. The quantitative estimate of drug-likeness (QED) is 0.777. The summed E-state index contributed by atoms with van der Waals surface area (Å²) in [4.78, 5) is 12.1. The molecule has 0 saturated carbocycles. The maximum absolute atomic E-state index is 12.1. The van der Waals surface area contributed by atoms with Crippen LogP contribution in [-0.4, -0.2) is 32.3 Å². The van der Waals surface area contributed by atoms with Gasteiger partial charge in [-0.1, -0.05) is 6.07 Å². The van der Waals surface area contributed by atoms with Gasteiger partial charge in [0.05, 0.1) is 12.7 Å². The maximum atomic E-state index is 12.1. The summed E-state index contributed by atoms with van der Waals surface area (Å²) in [5.74, 6) is 0.192. The second-order valence-electron chi connectivity index (χ2n) is 4.57. The number of nitrogen functional groups attached to an aromatic ring is 1. The number of rotatable bonds is 5. The van der Waals surface area contributed by atoms with E-state index in [1.165, 1.54) is 7.11 Å². The van der Waals surface area contributed by atoms with Crippen LogP contribution in [0, 0.1) is 0 Å². The van der Waals surface area contributed by atoms with Crippen LogP contribution in [-0.2, 0) is 4.74 Å². The van der Waals surface area contributed by atoms with E-state index in [2.05, 4.69) is 5.32 Å². The van der Waals surface area contributed by atoms with Gasteiger partial charge in [0, 0.05) is 19.3 Å². The average molecular weight is 252 g/mol. The molecule has 100 valence electrons. The number of ether oxygens (including phenoxy) is 2. The monoisotopic (exact) mass is 252 g/mol. The number of amides is 1. The Morgan fingerprint density at radius 3 is 2.61 bits per heavy atom. The van der Waals surface area contributed by atoms with Crippen molar-refractivity contribution in [3.63, 3.8) is 0 Å². The molecule has 0 spiro atoms. The van der Waals surface area contributed by atoms with Gasteiger partial charge in [0.15, 0.2) is 0 Å². The molecule has 0 fully saturated rings. The molecule has 0 radical (unpaired) electrons. The van der Waals surface area contributed by atoms with Crippen molar-refractivity contribution in [2.24, 2.45) is 0 Å². The predicted octanol–water partition coefficient (Wildman–Crippen LogP) is 1.43. The lowest BCUT2D eigenvalue weighted by atomic mass is 10.1. The first kappa shape index (κ1) is 14.3. The van der Waals surface area contributed by atoms with Crippen molar-refractivity contribution in [1.82, 2.24) is 5.32 Å². The lowest BCUT2D eigenvalue weighted by Gasteiger charge is -2.23. The van der Waals surface area contributed by atoms with Crippen LogP contribution in [0.15, 0.2) is 18.2 Å². The summed E-state index contributed by atoms with van der Waals surface area (Å²) in [6.07, 6.45) is 0. The molecule has 0 aliphatic rings. The van der Waals surface area contributed by atoms with Gasteiger partial charge in [-0.2, -0.15) is 0 Å². The number of nitrogens with one attached hydrogen (secondary N) is 1. The fraction of sp³-hybridized carbons (Fsp3) is 0.462. The summed E-state index contributed by atoms with van der Waals surface area (Å²) in [6, 6.07) is 5.11. The second kappa shape index (κ2) is 5.73. The van der Waals surface area contributed by atoms with Gasteiger partial charge in [0.1, 0.15) is 11.3 Å². The Hall–Kier alpha value is -1.75. The molecule has 0 unspecified atom stereocenters. The van der Waals surface area contributed by atoms with Crippen LogP contribution in [0.3, 0.4) is 0 Å². The van der Waals surface area contributed by atoms with Crippen LogP contribution in [0.4, 0.5) is 5.69 Å². The summed E-state index contributed by atoms with van der Waals surface area (Å²) < 4.78 is 10.4. The summed E-state index contributed by atoms with van der Waals surface area (Å²) in [6.45, 7) is 4.16. The number of carbonyl (C=O) groups is 1. The van der Waals surface area contributed by atoms with Crippen molar-refractivity contribution in [3.8, 4) is 5.75 Å². The molecule has 0 bridgehead atoms. The first-order valence-electron chi connectivity index (χ1n) is 5.67. The molecule has 0 aliphatic carbocycles. The molecular weight excluding hydrogens is 232 g/mol. The number of benzene rings is 1. The number of hydrogen-bond acceptors (Lipinski definition) is 4. The van der Waals surface area contributed by atoms with Gasteiger partial charge in [-0.15, -0.1) is 0 Å². The molecular formula is C13H20N2O3. The highest BCUT2D eigenvalue weighted by atomic mass is 16.5. The SMILES string of the molecule is COc1cccc(N)c1C(=O)NCC(C)(C)OC. The summed E-state index contributed by atoms with van der Waals surface area (Å²) >= 11 is 0. The van der Waals surface area contributed by atoms with E-state index in [9.17, 15) is 4.79 Å². The topological polar surface area (TPSA) is 73.6 Å². The van der Waals surface area contributed by atoms with E-state index in [1.54, 1.807) is 25.3 Å². The number of nitrogens with two attached hydrogens (primary N) is 1. The Bertz CT molecular complexity index is 430. The lowest BCUT2D eigenvalue weighted by Crippen LogP contribution is -2.40. The molecule has 0 aromatic heterocycles. The lowest BCUT2D eigenvalue weighted by molar-refractivity contribution is 0.0228. The molecule has 1 aromatic rings. The Labute approximate surface area is 107 Å². The molecule has 5 nitrogen and oxygen atoms in total. The highest BCUT2D eigenvalue weighted by Crippen LogP contribution is 2.23. The van der Waals surface area contributed by atoms with Crippen LogP contribution < -0.4 is 15.8 Å². The second-order valence-corrected chi connectivity index (χ2v) is 4.57. The van der Waals surface area contributed by atoms with E-state index < -0.39 is 5.60 Å². The molecule has 3 N–H and O–H groups in total.